The number of carbonyl (C=O) groups excluding carboxylic acids is 1. The first-order chi connectivity index (χ1) is 13.6. The highest BCUT2D eigenvalue weighted by Crippen LogP contribution is 2.29. The maximum absolute atomic E-state index is 12.2. The molecular weight excluding hydrogens is 378 g/mol. The van der Waals surface area contributed by atoms with Crippen LogP contribution in [0.25, 0.3) is 0 Å². The van der Waals surface area contributed by atoms with Gasteiger partial charge in [0, 0.05) is 17.8 Å². The molecule has 0 atom stereocenters. The van der Waals surface area contributed by atoms with Crippen LogP contribution in [0.1, 0.15) is 23.2 Å². The number of nitrogens with zero attached hydrogens (tertiary/aromatic N) is 2. The number of rotatable bonds is 9. The van der Waals surface area contributed by atoms with Crippen molar-refractivity contribution in [2.75, 3.05) is 26.0 Å². The molecule has 2 aromatic rings. The second-order valence-electron chi connectivity index (χ2n) is 6.59. The first kappa shape index (κ1) is 20.4. The zero-order chi connectivity index (χ0) is 19.9. The molecule has 2 N–H and O–H groups in total. The molecular formula is C20H25N3O4S. The van der Waals surface area contributed by atoms with Gasteiger partial charge in [-0.3, -0.25) is 9.36 Å². The minimum atomic E-state index is -0.350. The van der Waals surface area contributed by atoms with Gasteiger partial charge in [0.2, 0.25) is 5.91 Å². The van der Waals surface area contributed by atoms with Crippen molar-refractivity contribution in [3.05, 3.63) is 51.6 Å². The van der Waals surface area contributed by atoms with Crippen LogP contribution in [0, 0.1) is 0 Å². The average Bonchev–Trinajstić information content (AvgIpc) is 3.19. The van der Waals surface area contributed by atoms with E-state index in [1.165, 1.54) is 11.8 Å². The normalized spacial score (nSPS) is 12.6. The molecule has 0 unspecified atom stereocenters. The first-order valence-electron chi connectivity index (χ1n) is 9.38. The van der Waals surface area contributed by atoms with Crippen LogP contribution in [0.4, 0.5) is 0 Å². The van der Waals surface area contributed by atoms with Gasteiger partial charge in [0.25, 0.3) is 0 Å². The van der Waals surface area contributed by atoms with Gasteiger partial charge >= 0.3 is 5.69 Å². The molecule has 0 saturated heterocycles. The van der Waals surface area contributed by atoms with E-state index in [1.54, 1.807) is 11.7 Å². The first-order valence-corrected chi connectivity index (χ1v) is 10.4. The molecule has 28 heavy (non-hydrogen) atoms. The second kappa shape index (κ2) is 9.75. The van der Waals surface area contributed by atoms with Crippen LogP contribution < -0.4 is 15.7 Å². The minimum absolute atomic E-state index is 0.0772. The lowest BCUT2D eigenvalue weighted by Crippen LogP contribution is -2.29. The molecule has 1 aliphatic rings. The number of nitrogens with one attached hydrogen (secondary N) is 1. The summed E-state index contributed by atoms with van der Waals surface area (Å²) in [6.45, 7) is 0.734. The number of aliphatic hydroxyl groups is 1. The van der Waals surface area contributed by atoms with Gasteiger partial charge in [-0.25, -0.2) is 4.79 Å². The molecule has 1 aromatic carbocycles. The summed E-state index contributed by atoms with van der Waals surface area (Å²) in [5, 5.41) is 12.7. The summed E-state index contributed by atoms with van der Waals surface area (Å²) in [4.78, 5) is 28.5. The smallest absolute Gasteiger partial charge is 0.348 e. The Morgan fingerprint density at radius 1 is 1.32 bits per heavy atom. The predicted octanol–water partition coefficient (Wildman–Crippen LogP) is 1.18. The molecule has 0 bridgehead atoms. The van der Waals surface area contributed by atoms with E-state index in [0.717, 1.165) is 48.3 Å². The molecule has 8 heteroatoms. The van der Waals surface area contributed by atoms with Gasteiger partial charge in [-0.2, -0.15) is 4.98 Å². The van der Waals surface area contributed by atoms with Gasteiger partial charge in [0.1, 0.15) is 10.8 Å². The van der Waals surface area contributed by atoms with Crippen LogP contribution in [-0.2, 0) is 30.6 Å². The van der Waals surface area contributed by atoms with E-state index < -0.39 is 0 Å². The Balaban J connectivity index is 1.52. The highest BCUT2D eigenvalue weighted by Gasteiger charge is 2.22. The van der Waals surface area contributed by atoms with E-state index in [2.05, 4.69) is 10.3 Å². The monoisotopic (exact) mass is 403 g/mol. The number of hydrogen-bond donors (Lipinski definition) is 2. The van der Waals surface area contributed by atoms with E-state index >= 15 is 0 Å². The molecule has 0 spiro atoms. The SMILES string of the molecule is COc1ccc(CCNC(=O)CSc2nc(=O)n(CCO)c3c2CCC3)cc1. The molecule has 0 radical (unpaired) electrons. The van der Waals surface area contributed by atoms with Gasteiger partial charge in [-0.1, -0.05) is 23.9 Å². The number of aromatic nitrogens is 2. The lowest BCUT2D eigenvalue weighted by molar-refractivity contribution is -0.118. The number of amides is 1. The van der Waals surface area contributed by atoms with Crippen molar-refractivity contribution in [3.63, 3.8) is 0 Å². The number of thioether (sulfide) groups is 1. The number of aliphatic hydroxyl groups excluding tert-OH is 1. The number of ether oxygens (including phenoxy) is 1. The van der Waals surface area contributed by atoms with Crippen molar-refractivity contribution in [2.45, 2.75) is 37.3 Å². The molecule has 0 fully saturated rings. The number of fused-ring (bicyclic) bond motifs is 1. The highest BCUT2D eigenvalue weighted by atomic mass is 32.2. The quantitative estimate of drug-likeness (QED) is 0.483. The van der Waals surface area contributed by atoms with Crippen LogP contribution in [-0.4, -0.2) is 46.6 Å². The molecule has 1 aliphatic carbocycles. The van der Waals surface area contributed by atoms with E-state index in [-0.39, 0.29) is 30.5 Å². The Morgan fingerprint density at radius 2 is 2.11 bits per heavy atom. The molecule has 0 aliphatic heterocycles. The van der Waals surface area contributed by atoms with Crippen molar-refractivity contribution in [1.29, 1.82) is 0 Å². The van der Waals surface area contributed by atoms with Crippen LogP contribution in [0.3, 0.4) is 0 Å². The van der Waals surface area contributed by atoms with Crippen molar-refractivity contribution >= 4 is 17.7 Å². The van der Waals surface area contributed by atoms with Crippen LogP contribution in [0.2, 0.25) is 0 Å². The highest BCUT2D eigenvalue weighted by molar-refractivity contribution is 7.99. The Morgan fingerprint density at radius 3 is 2.82 bits per heavy atom. The Bertz CT molecular complexity index is 880. The molecule has 1 heterocycles. The average molecular weight is 404 g/mol. The topological polar surface area (TPSA) is 93.5 Å². The molecule has 1 amide bonds. The number of benzene rings is 1. The summed E-state index contributed by atoms with van der Waals surface area (Å²) in [6, 6.07) is 7.76. The molecule has 3 rings (SSSR count). The molecule has 0 saturated carbocycles. The third kappa shape index (κ3) is 4.94. The number of hydrogen-bond acceptors (Lipinski definition) is 6. The van der Waals surface area contributed by atoms with Gasteiger partial charge in [0.05, 0.1) is 26.0 Å². The zero-order valence-electron chi connectivity index (χ0n) is 15.9. The maximum atomic E-state index is 12.2. The molecule has 7 nitrogen and oxygen atoms in total. The van der Waals surface area contributed by atoms with E-state index in [4.69, 9.17) is 9.84 Å². The van der Waals surface area contributed by atoms with Gasteiger partial charge < -0.3 is 15.2 Å². The van der Waals surface area contributed by atoms with Gasteiger partial charge in [-0.05, 0) is 43.4 Å². The van der Waals surface area contributed by atoms with E-state index in [1.807, 2.05) is 24.3 Å². The Labute approximate surface area is 168 Å². The molecule has 1 aromatic heterocycles. The fraction of sp³-hybridized carbons (Fsp3) is 0.450. The molecule has 150 valence electrons. The summed E-state index contributed by atoms with van der Waals surface area (Å²) in [7, 11) is 1.63. The maximum Gasteiger partial charge on any atom is 0.348 e. The van der Waals surface area contributed by atoms with E-state index in [0.29, 0.717) is 11.6 Å². The summed E-state index contributed by atoms with van der Waals surface area (Å²) < 4.78 is 6.69. The summed E-state index contributed by atoms with van der Waals surface area (Å²) in [6.07, 6.45) is 3.38. The van der Waals surface area contributed by atoms with Crippen molar-refractivity contribution in [1.82, 2.24) is 14.9 Å². The van der Waals surface area contributed by atoms with Crippen molar-refractivity contribution in [3.8, 4) is 5.75 Å². The lowest BCUT2D eigenvalue weighted by Gasteiger charge is -2.13. The fourth-order valence-corrected chi connectivity index (χ4v) is 4.27. The standard InChI is InChI=1S/C20H25N3O4S/c1-27-15-7-5-14(6-8-15)9-10-21-18(25)13-28-19-16-3-2-4-17(16)23(11-12-24)20(26)22-19/h5-8,24H,2-4,9-13H2,1H3,(H,21,25). The minimum Gasteiger partial charge on any atom is -0.497 e. The van der Waals surface area contributed by atoms with Gasteiger partial charge in [-0.15, -0.1) is 0 Å². The number of carbonyl (C=O) groups is 1. The van der Waals surface area contributed by atoms with Crippen LogP contribution >= 0.6 is 11.8 Å². The zero-order valence-corrected chi connectivity index (χ0v) is 16.8. The summed E-state index contributed by atoms with van der Waals surface area (Å²) >= 11 is 1.31. The summed E-state index contributed by atoms with van der Waals surface area (Å²) in [5.74, 6) is 0.961. The van der Waals surface area contributed by atoms with Crippen molar-refractivity contribution in [2.24, 2.45) is 0 Å². The van der Waals surface area contributed by atoms with Crippen LogP contribution in [0.15, 0.2) is 34.1 Å². The Kier molecular flexibility index (Phi) is 7.11. The lowest BCUT2D eigenvalue weighted by atomic mass is 10.1. The summed E-state index contributed by atoms with van der Waals surface area (Å²) in [5.41, 5.74) is 2.78. The number of methoxy groups -OCH3 is 1. The largest absolute Gasteiger partial charge is 0.497 e. The Hall–Kier alpha value is -2.32. The van der Waals surface area contributed by atoms with E-state index in [9.17, 15) is 9.59 Å². The second-order valence-corrected chi connectivity index (χ2v) is 7.55. The third-order valence-electron chi connectivity index (χ3n) is 4.76. The fourth-order valence-electron chi connectivity index (χ4n) is 3.36. The van der Waals surface area contributed by atoms with Gasteiger partial charge in [0.15, 0.2) is 0 Å². The van der Waals surface area contributed by atoms with Crippen LogP contribution in [0.5, 0.6) is 5.75 Å². The van der Waals surface area contributed by atoms with Crippen molar-refractivity contribution < 1.29 is 14.6 Å². The third-order valence-corrected chi connectivity index (χ3v) is 5.78. The predicted molar refractivity (Wildman–Crippen MR) is 108 cm³/mol.